The zero-order chi connectivity index (χ0) is 19.6. The second-order valence-electron chi connectivity index (χ2n) is 6.19. The smallest absolute Gasteiger partial charge is 0.271 e. The highest BCUT2D eigenvalue weighted by molar-refractivity contribution is 6.05. The summed E-state index contributed by atoms with van der Waals surface area (Å²) >= 11 is 0. The molecule has 0 spiro atoms. The molecule has 0 saturated carbocycles. The average Bonchev–Trinajstić information content (AvgIpc) is 2.65. The van der Waals surface area contributed by atoms with Crippen LogP contribution in [-0.2, 0) is 16.0 Å². The van der Waals surface area contributed by atoms with Crippen LogP contribution in [0.4, 0.5) is 17.1 Å². The minimum absolute atomic E-state index is 0.176. The maximum absolute atomic E-state index is 12.6. The third-order valence-electron chi connectivity index (χ3n) is 4.40. The van der Waals surface area contributed by atoms with Gasteiger partial charge < -0.3 is 10.1 Å². The third kappa shape index (κ3) is 3.74. The van der Waals surface area contributed by atoms with Crippen LogP contribution in [0, 0.1) is 17.0 Å². The van der Waals surface area contributed by atoms with E-state index in [4.69, 9.17) is 4.74 Å². The molecule has 2 aromatic rings. The van der Waals surface area contributed by atoms with Crippen LogP contribution in [0.5, 0.6) is 5.75 Å². The van der Waals surface area contributed by atoms with Gasteiger partial charge in [-0.05, 0) is 30.5 Å². The van der Waals surface area contributed by atoms with Crippen molar-refractivity contribution < 1.29 is 19.2 Å². The van der Waals surface area contributed by atoms with Gasteiger partial charge >= 0.3 is 0 Å². The number of hydrogen-bond acceptors (Lipinski definition) is 5. The molecule has 0 fully saturated rings. The number of anilines is 2. The number of nitro groups is 1. The zero-order valence-electron chi connectivity index (χ0n) is 15.0. The van der Waals surface area contributed by atoms with Crippen LogP contribution in [-0.4, -0.2) is 29.9 Å². The molecule has 0 bridgehead atoms. The molecule has 0 radical (unpaired) electrons. The number of carbonyl (C=O) groups is 2. The average molecular weight is 369 g/mol. The molecule has 8 nitrogen and oxygen atoms in total. The van der Waals surface area contributed by atoms with Crippen molar-refractivity contribution in [2.75, 3.05) is 23.4 Å². The van der Waals surface area contributed by atoms with Crippen molar-refractivity contribution in [3.8, 4) is 5.75 Å². The first-order valence-electron chi connectivity index (χ1n) is 8.50. The normalized spacial score (nSPS) is 13.0. The van der Waals surface area contributed by atoms with Gasteiger partial charge in [0, 0.05) is 17.8 Å². The molecule has 0 aromatic heterocycles. The second kappa shape index (κ2) is 7.45. The summed E-state index contributed by atoms with van der Waals surface area (Å²) in [4.78, 5) is 36.5. The Morgan fingerprint density at radius 1 is 1.33 bits per heavy atom. The summed E-state index contributed by atoms with van der Waals surface area (Å²) in [5.41, 5.74) is 2.69. The number of para-hydroxylation sites is 1. The van der Waals surface area contributed by atoms with Crippen molar-refractivity contribution in [1.29, 1.82) is 0 Å². The molecule has 0 atom stereocenters. The number of carbonyl (C=O) groups excluding carboxylic acids is 2. The molecule has 0 unspecified atom stereocenters. The summed E-state index contributed by atoms with van der Waals surface area (Å²) in [7, 11) is 0. The van der Waals surface area contributed by atoms with Crippen LogP contribution >= 0.6 is 0 Å². The zero-order valence-corrected chi connectivity index (χ0v) is 15.0. The van der Waals surface area contributed by atoms with E-state index in [1.807, 2.05) is 32.0 Å². The van der Waals surface area contributed by atoms with Crippen LogP contribution in [0.1, 0.15) is 18.1 Å². The van der Waals surface area contributed by atoms with Crippen molar-refractivity contribution in [2.45, 2.75) is 20.3 Å². The molecule has 1 aliphatic rings. The maximum Gasteiger partial charge on any atom is 0.271 e. The topological polar surface area (TPSA) is 102 Å². The van der Waals surface area contributed by atoms with Gasteiger partial charge in [0.05, 0.1) is 10.6 Å². The lowest BCUT2D eigenvalue weighted by Crippen LogP contribution is -2.43. The van der Waals surface area contributed by atoms with Gasteiger partial charge in [-0.15, -0.1) is 0 Å². The first-order valence-corrected chi connectivity index (χ1v) is 8.50. The Hall–Kier alpha value is -3.42. The summed E-state index contributed by atoms with van der Waals surface area (Å²) in [6.07, 6.45) is 0.753. The van der Waals surface area contributed by atoms with E-state index in [2.05, 4.69) is 5.32 Å². The number of aryl methyl sites for hydroxylation is 2. The second-order valence-corrected chi connectivity index (χ2v) is 6.19. The summed E-state index contributed by atoms with van der Waals surface area (Å²) in [5.74, 6) is -0.483. The SMILES string of the molecule is CCc1cccc(C)c1NC(=O)CN1C(=O)COc2ccc([N+](=O)[O-])cc21. The number of hydrogen-bond donors (Lipinski definition) is 1. The lowest BCUT2D eigenvalue weighted by Gasteiger charge is -2.28. The summed E-state index contributed by atoms with van der Waals surface area (Å²) in [6, 6.07) is 9.72. The van der Waals surface area contributed by atoms with E-state index in [1.165, 1.54) is 23.1 Å². The Kier molecular flexibility index (Phi) is 5.07. The van der Waals surface area contributed by atoms with Crippen molar-refractivity contribution in [2.24, 2.45) is 0 Å². The molecule has 140 valence electrons. The van der Waals surface area contributed by atoms with Crippen LogP contribution in [0.15, 0.2) is 36.4 Å². The van der Waals surface area contributed by atoms with Gasteiger partial charge in [0.2, 0.25) is 5.91 Å². The molecular formula is C19H19N3O5. The van der Waals surface area contributed by atoms with Gasteiger partial charge in [0.15, 0.2) is 6.61 Å². The number of nitrogens with one attached hydrogen (secondary N) is 1. The number of non-ortho nitro benzene ring substituents is 1. The minimum Gasteiger partial charge on any atom is -0.482 e. The van der Waals surface area contributed by atoms with E-state index in [9.17, 15) is 19.7 Å². The monoisotopic (exact) mass is 369 g/mol. The van der Waals surface area contributed by atoms with E-state index < -0.39 is 10.8 Å². The standard InChI is InChI=1S/C19H19N3O5/c1-3-13-6-4-5-12(2)19(13)20-17(23)10-21-15-9-14(22(25)26)7-8-16(15)27-11-18(21)24/h4-9H,3,10-11H2,1-2H3,(H,20,23). The Bertz CT molecular complexity index is 926. The molecule has 1 aliphatic heterocycles. The number of fused-ring (bicyclic) bond motifs is 1. The summed E-state index contributed by atoms with van der Waals surface area (Å²) in [5, 5.41) is 13.9. The first-order chi connectivity index (χ1) is 12.9. The third-order valence-corrected chi connectivity index (χ3v) is 4.40. The highest BCUT2D eigenvalue weighted by Gasteiger charge is 2.29. The number of benzene rings is 2. The van der Waals surface area contributed by atoms with Crippen molar-refractivity contribution in [3.05, 3.63) is 57.6 Å². The Labute approximate surface area is 155 Å². The molecule has 8 heteroatoms. The lowest BCUT2D eigenvalue weighted by molar-refractivity contribution is -0.384. The molecule has 2 amide bonds. The van der Waals surface area contributed by atoms with Crippen LogP contribution in [0.25, 0.3) is 0 Å². The van der Waals surface area contributed by atoms with Crippen LogP contribution in [0.3, 0.4) is 0 Å². The highest BCUT2D eigenvalue weighted by Crippen LogP contribution is 2.35. The predicted molar refractivity (Wildman–Crippen MR) is 100 cm³/mol. The van der Waals surface area contributed by atoms with E-state index in [1.54, 1.807) is 0 Å². The van der Waals surface area contributed by atoms with Crippen molar-refractivity contribution >= 4 is 28.9 Å². The summed E-state index contributed by atoms with van der Waals surface area (Å²) in [6.45, 7) is 3.41. The molecule has 3 rings (SSSR count). The lowest BCUT2D eigenvalue weighted by atomic mass is 10.1. The number of rotatable bonds is 5. The Morgan fingerprint density at radius 3 is 2.81 bits per heavy atom. The maximum atomic E-state index is 12.6. The van der Waals surface area contributed by atoms with Gasteiger partial charge in [-0.3, -0.25) is 24.6 Å². The van der Waals surface area contributed by atoms with E-state index in [-0.39, 0.29) is 30.4 Å². The molecule has 1 N–H and O–H groups in total. The number of ether oxygens (including phenoxy) is 1. The van der Waals surface area contributed by atoms with Crippen LogP contribution < -0.4 is 15.0 Å². The number of amides is 2. The Balaban J connectivity index is 1.86. The fraction of sp³-hybridized carbons (Fsp3) is 0.263. The highest BCUT2D eigenvalue weighted by atomic mass is 16.6. The van der Waals surface area contributed by atoms with Crippen molar-refractivity contribution in [3.63, 3.8) is 0 Å². The molecule has 27 heavy (non-hydrogen) atoms. The van der Waals surface area contributed by atoms with E-state index in [0.717, 1.165) is 23.2 Å². The van der Waals surface area contributed by atoms with E-state index in [0.29, 0.717) is 5.75 Å². The minimum atomic E-state index is -0.557. The van der Waals surface area contributed by atoms with E-state index >= 15 is 0 Å². The molecular weight excluding hydrogens is 350 g/mol. The predicted octanol–water partition coefficient (Wildman–Crippen LogP) is 2.83. The fourth-order valence-corrected chi connectivity index (χ4v) is 3.00. The largest absolute Gasteiger partial charge is 0.482 e. The Morgan fingerprint density at radius 2 is 2.11 bits per heavy atom. The summed E-state index contributed by atoms with van der Waals surface area (Å²) < 4.78 is 5.31. The molecule has 0 aliphatic carbocycles. The van der Waals surface area contributed by atoms with Gasteiger partial charge in [-0.2, -0.15) is 0 Å². The van der Waals surface area contributed by atoms with Gasteiger partial charge in [-0.25, -0.2) is 0 Å². The molecule has 1 heterocycles. The molecule has 0 saturated heterocycles. The fourth-order valence-electron chi connectivity index (χ4n) is 3.00. The number of nitrogens with zero attached hydrogens (tertiary/aromatic N) is 2. The quantitative estimate of drug-likeness (QED) is 0.645. The van der Waals surface area contributed by atoms with Gasteiger partial charge in [0.1, 0.15) is 12.3 Å². The molecule has 2 aromatic carbocycles. The number of nitro benzene ring substituents is 1. The first kappa shape index (κ1) is 18.4. The van der Waals surface area contributed by atoms with Gasteiger partial charge in [0.25, 0.3) is 11.6 Å². The van der Waals surface area contributed by atoms with Crippen LogP contribution in [0.2, 0.25) is 0 Å². The van der Waals surface area contributed by atoms with Gasteiger partial charge in [-0.1, -0.05) is 25.1 Å². The van der Waals surface area contributed by atoms with Crippen molar-refractivity contribution in [1.82, 2.24) is 0 Å².